The van der Waals surface area contributed by atoms with Crippen LogP contribution in [0.2, 0.25) is 5.02 Å². The van der Waals surface area contributed by atoms with Crippen molar-refractivity contribution in [1.82, 2.24) is 9.47 Å². The average Bonchev–Trinajstić information content (AvgIpc) is 3.29. The van der Waals surface area contributed by atoms with Crippen molar-refractivity contribution in [2.75, 3.05) is 0 Å². The van der Waals surface area contributed by atoms with Gasteiger partial charge in [0.2, 0.25) is 0 Å². The molecule has 0 radical (unpaired) electrons. The number of aromatic nitrogens is 1. The monoisotopic (exact) mass is 554 g/mol. The fourth-order valence-corrected chi connectivity index (χ4v) is 5.22. The summed E-state index contributed by atoms with van der Waals surface area (Å²) in [5.41, 5.74) is 3.43. The Labute approximate surface area is 213 Å². The first-order valence-corrected chi connectivity index (χ1v) is 12.4. The number of thioether (sulfide) groups is 1. The highest BCUT2D eigenvalue weighted by Gasteiger charge is 2.35. The molecule has 170 valence electrons. The van der Waals surface area contributed by atoms with E-state index in [9.17, 15) is 14.0 Å². The lowest BCUT2D eigenvalue weighted by Crippen LogP contribution is -2.27. The first-order valence-electron chi connectivity index (χ1n) is 10.4. The van der Waals surface area contributed by atoms with Crippen molar-refractivity contribution in [3.8, 4) is 0 Å². The molecule has 34 heavy (non-hydrogen) atoms. The van der Waals surface area contributed by atoms with Crippen molar-refractivity contribution >= 4 is 67.4 Å². The van der Waals surface area contributed by atoms with Crippen LogP contribution in [-0.2, 0) is 17.9 Å². The van der Waals surface area contributed by atoms with Crippen LogP contribution in [0.4, 0.5) is 9.18 Å². The number of hydrogen-bond donors (Lipinski definition) is 0. The van der Waals surface area contributed by atoms with E-state index in [0.717, 1.165) is 43.8 Å². The number of carbonyl (C=O) groups excluding carboxylic acids is 2. The lowest BCUT2D eigenvalue weighted by molar-refractivity contribution is -0.123. The highest BCUT2D eigenvalue weighted by molar-refractivity contribution is 9.10. The Hall–Kier alpha value is -2.87. The fourth-order valence-electron chi connectivity index (χ4n) is 3.90. The van der Waals surface area contributed by atoms with Crippen molar-refractivity contribution in [3.05, 3.63) is 110 Å². The Bertz CT molecular complexity index is 1470. The minimum atomic E-state index is -0.384. The molecule has 4 nitrogen and oxygen atoms in total. The molecule has 0 saturated carbocycles. The van der Waals surface area contributed by atoms with Crippen LogP contribution in [0.15, 0.2) is 82.3 Å². The van der Waals surface area contributed by atoms with Crippen molar-refractivity contribution in [2.24, 2.45) is 0 Å². The minimum absolute atomic E-state index is 0.222. The van der Waals surface area contributed by atoms with Crippen molar-refractivity contribution in [2.45, 2.75) is 13.1 Å². The fraction of sp³-hybridized carbons (Fsp3) is 0.0769. The third-order valence-corrected chi connectivity index (χ3v) is 7.38. The van der Waals surface area contributed by atoms with Gasteiger partial charge in [0.25, 0.3) is 11.1 Å². The molecular weight excluding hydrogens is 539 g/mol. The molecule has 1 aromatic heterocycles. The molecule has 1 aliphatic heterocycles. The molecule has 8 heteroatoms. The number of hydrogen-bond acceptors (Lipinski definition) is 3. The van der Waals surface area contributed by atoms with Crippen molar-refractivity contribution < 1.29 is 14.0 Å². The van der Waals surface area contributed by atoms with Crippen LogP contribution in [0.25, 0.3) is 17.0 Å². The highest BCUT2D eigenvalue weighted by Crippen LogP contribution is 2.35. The quantitative estimate of drug-likeness (QED) is 0.240. The van der Waals surface area contributed by atoms with Gasteiger partial charge in [-0.25, -0.2) is 4.39 Å². The first-order chi connectivity index (χ1) is 16.4. The van der Waals surface area contributed by atoms with Crippen LogP contribution in [0.1, 0.15) is 16.7 Å². The Kier molecular flexibility index (Phi) is 6.34. The van der Waals surface area contributed by atoms with Gasteiger partial charge in [-0.15, -0.1) is 0 Å². The van der Waals surface area contributed by atoms with E-state index in [4.69, 9.17) is 11.6 Å². The van der Waals surface area contributed by atoms with Gasteiger partial charge in [0.1, 0.15) is 5.82 Å². The van der Waals surface area contributed by atoms with Gasteiger partial charge >= 0.3 is 0 Å². The Morgan fingerprint density at radius 2 is 1.76 bits per heavy atom. The van der Waals surface area contributed by atoms with Crippen LogP contribution in [0.5, 0.6) is 0 Å². The summed E-state index contributed by atoms with van der Waals surface area (Å²) in [5.74, 6) is -0.693. The molecule has 5 rings (SSSR count). The summed E-state index contributed by atoms with van der Waals surface area (Å²) in [6, 6.07) is 19.7. The molecular formula is C26H17BrClFN2O2S. The third kappa shape index (κ3) is 4.56. The molecule has 0 N–H and O–H groups in total. The molecule has 2 heterocycles. The minimum Gasteiger partial charge on any atom is -0.342 e. The third-order valence-electron chi connectivity index (χ3n) is 5.59. The maximum atomic E-state index is 13.5. The Morgan fingerprint density at radius 1 is 1.00 bits per heavy atom. The number of para-hydroxylation sites is 1. The standard InChI is InChI=1S/C26H17BrClFN2O2S/c27-19-8-5-16(6-9-19)13-31-25(32)24(34-26(31)33)11-18-15-30(23-4-2-1-3-21(18)23)14-17-7-10-20(29)12-22(17)28/h1-12,15H,13-14H2/b24-11-. The molecule has 0 spiro atoms. The van der Waals surface area contributed by atoms with Gasteiger partial charge in [0, 0.05) is 38.7 Å². The van der Waals surface area contributed by atoms with Crippen molar-refractivity contribution in [1.29, 1.82) is 0 Å². The molecule has 0 atom stereocenters. The summed E-state index contributed by atoms with van der Waals surface area (Å²) in [6.45, 7) is 0.665. The maximum Gasteiger partial charge on any atom is 0.293 e. The number of imide groups is 1. The van der Waals surface area contributed by atoms with Crippen LogP contribution in [0.3, 0.4) is 0 Å². The molecule has 0 aliphatic carbocycles. The van der Waals surface area contributed by atoms with Gasteiger partial charge in [-0.2, -0.15) is 0 Å². The summed E-state index contributed by atoms with van der Waals surface area (Å²) >= 11 is 10.6. The van der Waals surface area contributed by atoms with E-state index in [1.807, 2.05) is 59.3 Å². The summed E-state index contributed by atoms with van der Waals surface area (Å²) < 4.78 is 16.4. The van der Waals surface area contributed by atoms with Crippen molar-refractivity contribution in [3.63, 3.8) is 0 Å². The van der Waals surface area contributed by atoms with E-state index in [1.54, 1.807) is 12.1 Å². The van der Waals surface area contributed by atoms with Gasteiger partial charge in [-0.05, 0) is 59.3 Å². The van der Waals surface area contributed by atoms with Gasteiger partial charge in [0.15, 0.2) is 0 Å². The molecule has 0 unspecified atom stereocenters. The average molecular weight is 556 g/mol. The van der Waals surface area contributed by atoms with Gasteiger partial charge in [-0.3, -0.25) is 14.5 Å². The maximum absolute atomic E-state index is 13.5. The number of benzene rings is 3. The number of nitrogens with zero attached hydrogens (tertiary/aromatic N) is 2. The second-order valence-electron chi connectivity index (χ2n) is 7.86. The first kappa shape index (κ1) is 22.9. The lowest BCUT2D eigenvalue weighted by Gasteiger charge is -2.12. The van der Waals surface area contributed by atoms with Gasteiger partial charge in [0.05, 0.1) is 11.4 Å². The molecule has 4 aromatic rings. The highest BCUT2D eigenvalue weighted by atomic mass is 79.9. The summed E-state index contributed by atoms with van der Waals surface area (Å²) in [4.78, 5) is 27.3. The van der Waals surface area contributed by atoms with Gasteiger partial charge < -0.3 is 4.57 Å². The Balaban J connectivity index is 1.46. The summed E-state index contributed by atoms with van der Waals surface area (Å²) in [5, 5.41) is 1.01. The predicted molar refractivity (Wildman–Crippen MR) is 138 cm³/mol. The zero-order valence-corrected chi connectivity index (χ0v) is 20.8. The molecule has 0 bridgehead atoms. The second kappa shape index (κ2) is 9.41. The topological polar surface area (TPSA) is 42.3 Å². The molecule has 2 amide bonds. The van der Waals surface area contributed by atoms with Crippen LogP contribution < -0.4 is 0 Å². The molecule has 1 fully saturated rings. The van der Waals surface area contributed by atoms with E-state index in [1.165, 1.54) is 17.0 Å². The van der Waals surface area contributed by atoms with Crippen LogP contribution >= 0.6 is 39.3 Å². The van der Waals surface area contributed by atoms with Gasteiger partial charge in [-0.1, -0.05) is 63.9 Å². The van der Waals surface area contributed by atoms with E-state index in [-0.39, 0.29) is 23.5 Å². The predicted octanol–water partition coefficient (Wildman–Crippen LogP) is 7.48. The van der Waals surface area contributed by atoms with E-state index in [0.29, 0.717) is 16.5 Å². The van der Waals surface area contributed by atoms with E-state index in [2.05, 4.69) is 15.9 Å². The zero-order chi connectivity index (χ0) is 23.8. The van der Waals surface area contributed by atoms with E-state index < -0.39 is 0 Å². The summed E-state index contributed by atoms with van der Waals surface area (Å²) in [6.07, 6.45) is 3.69. The molecule has 1 saturated heterocycles. The Morgan fingerprint density at radius 3 is 2.53 bits per heavy atom. The number of fused-ring (bicyclic) bond motifs is 1. The lowest BCUT2D eigenvalue weighted by atomic mass is 10.1. The smallest absolute Gasteiger partial charge is 0.293 e. The van der Waals surface area contributed by atoms with Crippen LogP contribution in [0, 0.1) is 5.82 Å². The van der Waals surface area contributed by atoms with Crippen LogP contribution in [-0.4, -0.2) is 20.6 Å². The molecule has 3 aromatic carbocycles. The summed E-state index contributed by atoms with van der Waals surface area (Å²) in [7, 11) is 0. The van der Waals surface area contributed by atoms with E-state index >= 15 is 0 Å². The SMILES string of the molecule is O=C1S/C(=C\c2cn(Cc3ccc(F)cc3Cl)c3ccccc23)C(=O)N1Cc1ccc(Br)cc1. The normalized spacial score (nSPS) is 15.1. The number of halogens is 3. The zero-order valence-electron chi connectivity index (χ0n) is 17.7. The molecule has 1 aliphatic rings. The number of rotatable bonds is 5. The second-order valence-corrected chi connectivity index (χ2v) is 10.2. The number of amides is 2. The number of carbonyl (C=O) groups is 2. The largest absolute Gasteiger partial charge is 0.342 e.